The molecule has 2 aromatic rings. The molecule has 2 atom stereocenters. The number of piperazine rings is 1. The van der Waals surface area contributed by atoms with E-state index < -0.39 is 16.0 Å². The van der Waals surface area contributed by atoms with Crippen LogP contribution in [0.15, 0.2) is 54.6 Å². The van der Waals surface area contributed by atoms with E-state index in [1.165, 1.54) is 11.4 Å². The van der Waals surface area contributed by atoms with E-state index in [2.05, 4.69) is 30.7 Å². The number of sulfonamides is 1. The van der Waals surface area contributed by atoms with Crippen molar-refractivity contribution < 1.29 is 17.9 Å². The number of anilines is 1. The highest BCUT2D eigenvalue weighted by Gasteiger charge is 2.27. The van der Waals surface area contributed by atoms with E-state index >= 15 is 0 Å². The van der Waals surface area contributed by atoms with Gasteiger partial charge in [-0.15, -0.1) is 0 Å². The fourth-order valence-corrected chi connectivity index (χ4v) is 5.75. The van der Waals surface area contributed by atoms with Gasteiger partial charge in [-0.25, -0.2) is 13.2 Å². The van der Waals surface area contributed by atoms with Crippen molar-refractivity contribution in [3.63, 3.8) is 0 Å². The lowest BCUT2D eigenvalue weighted by Gasteiger charge is -2.42. The Kier molecular flexibility index (Phi) is 8.51. The fraction of sp³-hybridized carbons (Fsp3) is 0.480. The van der Waals surface area contributed by atoms with Crippen molar-refractivity contribution in [1.29, 1.82) is 0 Å². The zero-order chi connectivity index (χ0) is 24.0. The molecule has 0 saturated carbocycles. The first-order valence-corrected chi connectivity index (χ1v) is 13.0. The Morgan fingerprint density at radius 3 is 2.21 bits per heavy atom. The van der Waals surface area contributed by atoms with Gasteiger partial charge in [-0.2, -0.15) is 0 Å². The molecule has 1 aliphatic heterocycles. The monoisotopic (exact) mass is 473 g/mol. The number of carbonyl (C=O) groups excluding carboxylic acids is 1. The van der Waals surface area contributed by atoms with Gasteiger partial charge in [-0.1, -0.05) is 30.3 Å². The number of likely N-dealkylation sites (N-methyl/N-ethyl adjacent to an activating group) is 1. The first kappa shape index (κ1) is 25.2. The number of methoxy groups -OCH3 is 1. The predicted molar refractivity (Wildman–Crippen MR) is 132 cm³/mol. The Morgan fingerprint density at radius 1 is 1.03 bits per heavy atom. The standard InChI is InChI=1S/C25H35N3O4S/c1-20-17-27(18-21(2)26(20)3)15-8-16-33(30,31)28(24-9-6-5-7-10-24)19-22-11-13-23(14-12-22)25(29)32-4/h5-7,9-14,20-21H,8,15-19H2,1-4H3/t20-,21+. The second kappa shape index (κ2) is 11.1. The van der Waals surface area contributed by atoms with Crippen LogP contribution in [-0.4, -0.2) is 75.8 Å². The van der Waals surface area contributed by atoms with Gasteiger partial charge in [0.05, 0.1) is 30.7 Å². The number of carbonyl (C=O) groups is 1. The largest absolute Gasteiger partial charge is 0.465 e. The molecule has 0 radical (unpaired) electrons. The van der Waals surface area contributed by atoms with Gasteiger partial charge < -0.3 is 9.64 Å². The normalized spacial score (nSPS) is 19.9. The van der Waals surface area contributed by atoms with Crippen LogP contribution in [0.1, 0.15) is 36.2 Å². The molecule has 0 amide bonds. The van der Waals surface area contributed by atoms with Crippen molar-refractivity contribution in [3.05, 3.63) is 65.7 Å². The molecular formula is C25H35N3O4S. The molecule has 7 nitrogen and oxygen atoms in total. The molecule has 0 aliphatic carbocycles. The summed E-state index contributed by atoms with van der Waals surface area (Å²) in [6.45, 7) is 7.30. The Hall–Kier alpha value is -2.42. The lowest BCUT2D eigenvalue weighted by molar-refractivity contribution is 0.0600. The zero-order valence-corrected chi connectivity index (χ0v) is 20.8. The van der Waals surface area contributed by atoms with Crippen LogP contribution >= 0.6 is 0 Å². The summed E-state index contributed by atoms with van der Waals surface area (Å²) in [5.74, 6) is -0.335. The van der Waals surface area contributed by atoms with Gasteiger partial charge in [0.2, 0.25) is 10.0 Å². The van der Waals surface area contributed by atoms with E-state index in [9.17, 15) is 13.2 Å². The van der Waals surface area contributed by atoms with Crippen molar-refractivity contribution in [2.75, 3.05) is 43.8 Å². The molecule has 0 unspecified atom stereocenters. The minimum absolute atomic E-state index is 0.0806. The van der Waals surface area contributed by atoms with Crippen LogP contribution in [-0.2, 0) is 21.3 Å². The predicted octanol–water partition coefficient (Wildman–Crippen LogP) is 3.22. The molecule has 1 fully saturated rings. The van der Waals surface area contributed by atoms with Crippen molar-refractivity contribution >= 4 is 21.7 Å². The third-order valence-electron chi connectivity index (χ3n) is 6.39. The number of nitrogens with zero attached hydrogens (tertiary/aromatic N) is 3. The quantitative estimate of drug-likeness (QED) is 0.521. The maximum atomic E-state index is 13.4. The molecule has 1 heterocycles. The van der Waals surface area contributed by atoms with Crippen molar-refractivity contribution in [1.82, 2.24) is 9.80 Å². The van der Waals surface area contributed by atoms with Gasteiger partial charge in [0.1, 0.15) is 0 Å². The summed E-state index contributed by atoms with van der Waals surface area (Å²) in [5, 5.41) is 0. The first-order chi connectivity index (χ1) is 15.7. The summed E-state index contributed by atoms with van der Waals surface area (Å²) in [6, 6.07) is 16.9. The molecule has 0 N–H and O–H groups in total. The molecule has 0 aromatic heterocycles. The molecule has 0 bridgehead atoms. The van der Waals surface area contributed by atoms with Crippen LogP contribution in [0.2, 0.25) is 0 Å². The van der Waals surface area contributed by atoms with E-state index in [0.717, 1.165) is 25.2 Å². The van der Waals surface area contributed by atoms with Crippen molar-refractivity contribution in [2.24, 2.45) is 0 Å². The van der Waals surface area contributed by atoms with Crippen LogP contribution in [0, 0.1) is 0 Å². The van der Waals surface area contributed by atoms with Crippen molar-refractivity contribution in [2.45, 2.75) is 38.9 Å². The summed E-state index contributed by atoms with van der Waals surface area (Å²) < 4.78 is 33.0. The highest BCUT2D eigenvalue weighted by molar-refractivity contribution is 7.92. The molecular weight excluding hydrogens is 438 g/mol. The third-order valence-corrected chi connectivity index (χ3v) is 8.21. The number of benzene rings is 2. The topological polar surface area (TPSA) is 70.2 Å². The van der Waals surface area contributed by atoms with Crippen LogP contribution < -0.4 is 4.31 Å². The highest BCUT2D eigenvalue weighted by atomic mass is 32.2. The van der Waals surface area contributed by atoms with Crippen LogP contribution in [0.4, 0.5) is 5.69 Å². The fourth-order valence-electron chi connectivity index (χ4n) is 4.25. The van der Waals surface area contributed by atoms with Gasteiger partial charge in [0, 0.05) is 25.2 Å². The molecule has 1 aliphatic rings. The third kappa shape index (κ3) is 6.56. The van der Waals surface area contributed by atoms with E-state index in [1.807, 2.05) is 30.3 Å². The second-order valence-corrected chi connectivity index (χ2v) is 10.8. The summed E-state index contributed by atoms with van der Waals surface area (Å²) in [6.07, 6.45) is 0.579. The summed E-state index contributed by atoms with van der Waals surface area (Å²) in [4.78, 5) is 16.4. The van der Waals surface area contributed by atoms with Gasteiger partial charge in [-0.3, -0.25) is 9.21 Å². The molecule has 8 heteroatoms. The van der Waals surface area contributed by atoms with Gasteiger partial charge in [0.15, 0.2) is 0 Å². The van der Waals surface area contributed by atoms with Crippen LogP contribution in [0.3, 0.4) is 0 Å². The van der Waals surface area contributed by atoms with Crippen molar-refractivity contribution in [3.8, 4) is 0 Å². The van der Waals surface area contributed by atoms with E-state index in [0.29, 0.717) is 29.8 Å². The minimum Gasteiger partial charge on any atom is -0.465 e. The summed E-state index contributed by atoms with van der Waals surface area (Å²) >= 11 is 0. The van der Waals surface area contributed by atoms with E-state index in [-0.39, 0.29) is 12.3 Å². The lowest BCUT2D eigenvalue weighted by Crippen LogP contribution is -2.55. The molecule has 33 heavy (non-hydrogen) atoms. The van der Waals surface area contributed by atoms with Gasteiger partial charge >= 0.3 is 5.97 Å². The number of ether oxygens (including phenoxy) is 1. The number of para-hydroxylation sites is 1. The number of hydrogen-bond donors (Lipinski definition) is 0. The summed E-state index contributed by atoms with van der Waals surface area (Å²) in [7, 11) is -0.0566. The number of rotatable bonds is 9. The second-order valence-electron chi connectivity index (χ2n) is 8.82. The molecule has 3 rings (SSSR count). The maximum Gasteiger partial charge on any atom is 0.337 e. The SMILES string of the molecule is COC(=O)c1ccc(CN(c2ccccc2)S(=O)(=O)CCCN2C[C@@H](C)N(C)[C@@H](C)C2)cc1. The Labute approximate surface area is 198 Å². The molecule has 2 aromatic carbocycles. The van der Waals surface area contributed by atoms with Gasteiger partial charge in [0.25, 0.3) is 0 Å². The first-order valence-electron chi connectivity index (χ1n) is 11.4. The minimum atomic E-state index is -3.54. The molecule has 0 spiro atoms. The average Bonchev–Trinajstić information content (AvgIpc) is 2.81. The number of hydrogen-bond acceptors (Lipinski definition) is 6. The number of esters is 1. The van der Waals surface area contributed by atoms with E-state index in [1.54, 1.807) is 24.3 Å². The highest BCUT2D eigenvalue weighted by Crippen LogP contribution is 2.22. The van der Waals surface area contributed by atoms with Gasteiger partial charge in [-0.05, 0) is 63.7 Å². The summed E-state index contributed by atoms with van der Waals surface area (Å²) in [5.41, 5.74) is 1.87. The molecule has 180 valence electrons. The molecule has 1 saturated heterocycles. The Morgan fingerprint density at radius 2 is 1.64 bits per heavy atom. The maximum absolute atomic E-state index is 13.4. The Bertz CT molecular complexity index is 1000. The van der Waals surface area contributed by atoms with Crippen LogP contribution in [0.25, 0.3) is 0 Å². The zero-order valence-electron chi connectivity index (χ0n) is 20.0. The Balaban J connectivity index is 1.70. The smallest absolute Gasteiger partial charge is 0.337 e. The van der Waals surface area contributed by atoms with E-state index in [4.69, 9.17) is 4.74 Å². The van der Waals surface area contributed by atoms with Crippen LogP contribution in [0.5, 0.6) is 0 Å². The average molecular weight is 474 g/mol. The lowest BCUT2D eigenvalue weighted by atomic mass is 10.1.